The number of fused-ring (bicyclic) bond motifs is 1. The van der Waals surface area contributed by atoms with Gasteiger partial charge in [0.05, 0.1) is 16.5 Å². The number of aromatic nitrogens is 2. The molecule has 19 heavy (non-hydrogen) atoms. The molecule has 0 amide bonds. The van der Waals surface area contributed by atoms with Crippen LogP contribution < -0.4 is 4.74 Å². The van der Waals surface area contributed by atoms with Crippen LogP contribution in [0.5, 0.6) is 5.88 Å². The number of nitrogens with zero attached hydrogens (tertiary/aromatic N) is 2. The molecule has 1 aliphatic carbocycles. The largest absolute Gasteiger partial charge is 0.474 e. The summed E-state index contributed by atoms with van der Waals surface area (Å²) in [5.41, 5.74) is -0.259. The quantitative estimate of drug-likeness (QED) is 0.835. The molecule has 2 aromatic rings. The summed E-state index contributed by atoms with van der Waals surface area (Å²) in [4.78, 5) is 7.91. The van der Waals surface area contributed by atoms with Crippen molar-refractivity contribution in [2.45, 2.75) is 31.5 Å². The van der Waals surface area contributed by atoms with E-state index in [0.717, 1.165) is 31.4 Å². The molecular formula is C13H11F3N2O. The summed E-state index contributed by atoms with van der Waals surface area (Å²) in [5.74, 6) is 0.237. The smallest absolute Gasteiger partial charge is 0.416 e. The Morgan fingerprint density at radius 2 is 1.95 bits per heavy atom. The minimum Gasteiger partial charge on any atom is -0.474 e. The third kappa shape index (κ3) is 2.34. The fraction of sp³-hybridized carbons (Fsp3) is 0.385. The van der Waals surface area contributed by atoms with E-state index in [4.69, 9.17) is 4.74 Å². The predicted octanol–water partition coefficient (Wildman–Crippen LogP) is 3.58. The number of ether oxygens (including phenoxy) is 1. The molecule has 3 nitrogen and oxygen atoms in total. The Kier molecular flexibility index (Phi) is 2.80. The van der Waals surface area contributed by atoms with E-state index in [0.29, 0.717) is 10.9 Å². The molecule has 0 bridgehead atoms. The normalized spacial score (nSPS) is 16.4. The highest BCUT2D eigenvalue weighted by atomic mass is 19.4. The zero-order valence-corrected chi connectivity index (χ0v) is 9.94. The summed E-state index contributed by atoms with van der Waals surface area (Å²) < 4.78 is 43.7. The standard InChI is InChI=1S/C13H11F3N2O/c14-13(15,16)8-4-5-11-10(6-8)12(18-7-17-11)19-9-2-1-3-9/h4-7,9H,1-3H2. The minimum absolute atomic E-state index is 0.0626. The molecule has 1 aliphatic rings. The van der Waals surface area contributed by atoms with Gasteiger partial charge in [0.25, 0.3) is 0 Å². The Morgan fingerprint density at radius 1 is 1.16 bits per heavy atom. The van der Waals surface area contributed by atoms with Crippen molar-refractivity contribution in [2.75, 3.05) is 0 Å². The van der Waals surface area contributed by atoms with Crippen molar-refractivity contribution in [3.05, 3.63) is 30.1 Å². The second kappa shape index (κ2) is 4.36. The molecular weight excluding hydrogens is 257 g/mol. The fourth-order valence-electron chi connectivity index (χ4n) is 1.95. The van der Waals surface area contributed by atoms with Crippen LogP contribution in [-0.4, -0.2) is 16.1 Å². The average Bonchev–Trinajstić information content (AvgIpc) is 2.32. The van der Waals surface area contributed by atoms with E-state index < -0.39 is 11.7 Å². The number of benzene rings is 1. The van der Waals surface area contributed by atoms with Crippen molar-refractivity contribution in [3.63, 3.8) is 0 Å². The number of alkyl halides is 3. The first-order valence-corrected chi connectivity index (χ1v) is 6.02. The second-order valence-electron chi connectivity index (χ2n) is 4.58. The van der Waals surface area contributed by atoms with Gasteiger partial charge in [-0.25, -0.2) is 9.97 Å². The van der Waals surface area contributed by atoms with Crippen LogP contribution >= 0.6 is 0 Å². The van der Waals surface area contributed by atoms with Crippen LogP contribution in [0, 0.1) is 0 Å². The van der Waals surface area contributed by atoms with Gasteiger partial charge in [-0.15, -0.1) is 0 Å². The molecule has 1 fully saturated rings. The van der Waals surface area contributed by atoms with E-state index in [1.807, 2.05) is 0 Å². The van der Waals surface area contributed by atoms with Gasteiger partial charge in [-0.1, -0.05) is 0 Å². The SMILES string of the molecule is FC(F)(F)c1ccc2ncnc(OC3CCC3)c2c1. The number of hydrogen-bond donors (Lipinski definition) is 0. The Hall–Kier alpha value is -1.85. The van der Waals surface area contributed by atoms with Gasteiger partial charge in [-0.2, -0.15) is 13.2 Å². The molecule has 1 aromatic heterocycles. The maximum absolute atomic E-state index is 12.7. The van der Waals surface area contributed by atoms with Gasteiger partial charge in [0, 0.05) is 0 Å². The van der Waals surface area contributed by atoms with Gasteiger partial charge in [-0.3, -0.25) is 0 Å². The van der Waals surface area contributed by atoms with E-state index in [1.54, 1.807) is 0 Å². The Morgan fingerprint density at radius 3 is 2.58 bits per heavy atom. The topological polar surface area (TPSA) is 35.0 Å². The Bertz CT molecular complexity index is 608. The summed E-state index contributed by atoms with van der Waals surface area (Å²) in [7, 11) is 0. The van der Waals surface area contributed by atoms with E-state index in [1.165, 1.54) is 12.4 Å². The lowest BCUT2D eigenvalue weighted by atomic mass is 9.96. The molecule has 0 unspecified atom stereocenters. The van der Waals surface area contributed by atoms with Gasteiger partial charge in [0.15, 0.2) is 0 Å². The molecule has 1 heterocycles. The maximum atomic E-state index is 12.7. The van der Waals surface area contributed by atoms with Crippen molar-refractivity contribution in [1.29, 1.82) is 0 Å². The fourth-order valence-corrected chi connectivity index (χ4v) is 1.95. The lowest BCUT2D eigenvalue weighted by molar-refractivity contribution is -0.137. The number of hydrogen-bond acceptors (Lipinski definition) is 3. The van der Waals surface area contributed by atoms with Crippen LogP contribution in [0.1, 0.15) is 24.8 Å². The zero-order chi connectivity index (χ0) is 13.5. The third-order valence-corrected chi connectivity index (χ3v) is 3.26. The van der Waals surface area contributed by atoms with Crippen LogP contribution in [0.2, 0.25) is 0 Å². The van der Waals surface area contributed by atoms with Crippen LogP contribution in [-0.2, 0) is 6.18 Å². The van der Waals surface area contributed by atoms with Crippen molar-refractivity contribution in [2.24, 2.45) is 0 Å². The average molecular weight is 268 g/mol. The molecule has 0 spiro atoms. The number of rotatable bonds is 2. The van der Waals surface area contributed by atoms with E-state index in [9.17, 15) is 13.2 Å². The first-order chi connectivity index (χ1) is 9.04. The van der Waals surface area contributed by atoms with Gasteiger partial charge in [0.1, 0.15) is 12.4 Å². The zero-order valence-electron chi connectivity index (χ0n) is 9.94. The lowest BCUT2D eigenvalue weighted by Crippen LogP contribution is -2.25. The third-order valence-electron chi connectivity index (χ3n) is 3.26. The summed E-state index contributed by atoms with van der Waals surface area (Å²) in [6.45, 7) is 0. The van der Waals surface area contributed by atoms with Crippen molar-refractivity contribution >= 4 is 10.9 Å². The minimum atomic E-state index is -4.38. The molecule has 0 saturated heterocycles. The van der Waals surface area contributed by atoms with E-state index in [2.05, 4.69) is 9.97 Å². The van der Waals surface area contributed by atoms with Gasteiger partial charge < -0.3 is 4.74 Å². The van der Waals surface area contributed by atoms with Gasteiger partial charge in [-0.05, 0) is 37.5 Å². The highest BCUT2D eigenvalue weighted by Crippen LogP contribution is 2.34. The van der Waals surface area contributed by atoms with Gasteiger partial charge >= 0.3 is 6.18 Å². The summed E-state index contributed by atoms with van der Waals surface area (Å²) in [6.07, 6.45) is -0.0785. The van der Waals surface area contributed by atoms with Crippen LogP contribution in [0.4, 0.5) is 13.2 Å². The monoisotopic (exact) mass is 268 g/mol. The predicted molar refractivity (Wildman–Crippen MR) is 62.8 cm³/mol. The molecule has 0 atom stereocenters. The van der Waals surface area contributed by atoms with E-state index >= 15 is 0 Å². The van der Waals surface area contributed by atoms with Crippen LogP contribution in [0.25, 0.3) is 10.9 Å². The molecule has 1 saturated carbocycles. The molecule has 6 heteroatoms. The molecule has 0 N–H and O–H groups in total. The highest BCUT2D eigenvalue weighted by molar-refractivity contribution is 5.84. The summed E-state index contributed by atoms with van der Waals surface area (Å²) >= 11 is 0. The molecule has 0 aliphatic heterocycles. The van der Waals surface area contributed by atoms with Gasteiger partial charge in [0.2, 0.25) is 5.88 Å². The van der Waals surface area contributed by atoms with Crippen LogP contribution in [0.15, 0.2) is 24.5 Å². The first kappa shape index (κ1) is 12.2. The van der Waals surface area contributed by atoms with Crippen molar-refractivity contribution < 1.29 is 17.9 Å². The molecule has 100 valence electrons. The lowest BCUT2D eigenvalue weighted by Gasteiger charge is -2.26. The first-order valence-electron chi connectivity index (χ1n) is 6.02. The van der Waals surface area contributed by atoms with Crippen molar-refractivity contribution in [3.8, 4) is 5.88 Å². The van der Waals surface area contributed by atoms with Crippen LogP contribution in [0.3, 0.4) is 0 Å². The summed E-state index contributed by atoms with van der Waals surface area (Å²) in [6, 6.07) is 3.40. The highest BCUT2D eigenvalue weighted by Gasteiger charge is 2.31. The Balaban J connectivity index is 2.05. The molecule has 1 aromatic carbocycles. The maximum Gasteiger partial charge on any atom is 0.416 e. The molecule has 0 radical (unpaired) electrons. The second-order valence-corrected chi connectivity index (χ2v) is 4.58. The Labute approximate surface area is 107 Å². The van der Waals surface area contributed by atoms with Crippen molar-refractivity contribution in [1.82, 2.24) is 9.97 Å². The van der Waals surface area contributed by atoms with E-state index in [-0.39, 0.29) is 12.0 Å². The molecule has 3 rings (SSSR count). The summed E-state index contributed by atoms with van der Waals surface area (Å²) in [5, 5.41) is 0.309. The number of halogens is 3.